The van der Waals surface area contributed by atoms with E-state index in [0.717, 1.165) is 24.9 Å². The Balaban J connectivity index is 1.78. The maximum absolute atomic E-state index is 11.4. The lowest BCUT2D eigenvalue weighted by atomic mass is 9.75. The molecule has 0 aromatic rings. The molecule has 16 heavy (non-hydrogen) atoms. The first-order chi connectivity index (χ1) is 7.79. The third kappa shape index (κ3) is 2.97. The van der Waals surface area contributed by atoms with E-state index in [4.69, 9.17) is 4.74 Å². The van der Waals surface area contributed by atoms with Gasteiger partial charge in [-0.2, -0.15) is 0 Å². The van der Waals surface area contributed by atoms with Gasteiger partial charge in [0.05, 0.1) is 13.2 Å². The number of hydrogen-bond donors (Lipinski definition) is 0. The van der Waals surface area contributed by atoms with Gasteiger partial charge < -0.3 is 4.74 Å². The molecule has 92 valence electrons. The summed E-state index contributed by atoms with van der Waals surface area (Å²) in [6, 6.07) is 0. The Morgan fingerprint density at radius 1 is 1.25 bits per heavy atom. The lowest BCUT2D eigenvalue weighted by Crippen LogP contribution is -2.44. The quantitative estimate of drug-likeness (QED) is 0.689. The fraction of sp³-hybridized carbons (Fsp3) is 0.923. The zero-order chi connectivity index (χ0) is 11.4. The number of hydrogen-bond acceptors (Lipinski definition) is 3. The normalized spacial score (nSPS) is 30.8. The molecule has 1 aliphatic heterocycles. The van der Waals surface area contributed by atoms with Crippen LogP contribution in [0.2, 0.25) is 0 Å². The molecule has 2 atom stereocenters. The van der Waals surface area contributed by atoms with E-state index < -0.39 is 0 Å². The summed E-state index contributed by atoms with van der Waals surface area (Å²) in [5.41, 5.74) is 0. The van der Waals surface area contributed by atoms with Gasteiger partial charge in [-0.1, -0.05) is 19.3 Å². The predicted molar refractivity (Wildman–Crippen MR) is 63.1 cm³/mol. The van der Waals surface area contributed by atoms with Crippen LogP contribution in [0.15, 0.2) is 0 Å². The van der Waals surface area contributed by atoms with Crippen molar-refractivity contribution in [3.05, 3.63) is 0 Å². The van der Waals surface area contributed by atoms with E-state index in [-0.39, 0.29) is 5.97 Å². The fourth-order valence-electron chi connectivity index (χ4n) is 3.21. The van der Waals surface area contributed by atoms with Gasteiger partial charge in [0.2, 0.25) is 0 Å². The summed E-state index contributed by atoms with van der Waals surface area (Å²) in [5, 5.41) is 0. The molecular formula is C13H23NO2. The minimum atomic E-state index is -0.0586. The molecular weight excluding hydrogens is 202 g/mol. The third-order valence-corrected chi connectivity index (χ3v) is 4.03. The second-order valence-electron chi connectivity index (χ2n) is 5.13. The van der Waals surface area contributed by atoms with Crippen molar-refractivity contribution < 1.29 is 9.53 Å². The molecule has 2 rings (SSSR count). The Morgan fingerprint density at radius 2 is 2.00 bits per heavy atom. The number of rotatable bonds is 3. The van der Waals surface area contributed by atoms with Crippen LogP contribution in [0.3, 0.4) is 0 Å². The Labute approximate surface area is 98.1 Å². The number of carbonyl (C=O) groups excluding carboxylic acids is 1. The number of piperidine rings is 1. The van der Waals surface area contributed by atoms with E-state index in [1.807, 2.05) is 6.92 Å². The molecule has 1 saturated heterocycles. The highest BCUT2D eigenvalue weighted by molar-refractivity contribution is 5.71. The van der Waals surface area contributed by atoms with Crippen LogP contribution in [0.1, 0.15) is 39.0 Å². The van der Waals surface area contributed by atoms with Crippen molar-refractivity contribution >= 4 is 5.97 Å². The molecule has 1 saturated carbocycles. The van der Waals surface area contributed by atoms with Crippen LogP contribution >= 0.6 is 0 Å². The molecule has 1 heterocycles. The van der Waals surface area contributed by atoms with Gasteiger partial charge in [-0.3, -0.25) is 9.69 Å². The van der Waals surface area contributed by atoms with E-state index in [9.17, 15) is 4.79 Å². The SMILES string of the molecule is CCOC(=O)CN1CCC2CCCCC2C1. The Hall–Kier alpha value is -0.570. The van der Waals surface area contributed by atoms with Crippen LogP contribution in [0.25, 0.3) is 0 Å². The van der Waals surface area contributed by atoms with Crippen LogP contribution in [0.5, 0.6) is 0 Å². The molecule has 2 aliphatic rings. The van der Waals surface area contributed by atoms with E-state index in [1.165, 1.54) is 32.1 Å². The Morgan fingerprint density at radius 3 is 2.75 bits per heavy atom. The largest absolute Gasteiger partial charge is 0.465 e. The molecule has 2 unspecified atom stereocenters. The van der Waals surface area contributed by atoms with Gasteiger partial charge in [0.1, 0.15) is 0 Å². The molecule has 0 spiro atoms. The average molecular weight is 225 g/mol. The van der Waals surface area contributed by atoms with E-state index in [1.54, 1.807) is 0 Å². The van der Waals surface area contributed by atoms with Crippen LogP contribution in [0.4, 0.5) is 0 Å². The van der Waals surface area contributed by atoms with Gasteiger partial charge in [0, 0.05) is 6.54 Å². The van der Waals surface area contributed by atoms with Crippen LogP contribution in [0, 0.1) is 11.8 Å². The zero-order valence-electron chi connectivity index (χ0n) is 10.3. The number of ether oxygens (including phenoxy) is 1. The summed E-state index contributed by atoms with van der Waals surface area (Å²) in [6.45, 7) is 5.06. The molecule has 1 aliphatic carbocycles. The Kier molecular flexibility index (Phi) is 4.22. The van der Waals surface area contributed by atoms with Crippen molar-refractivity contribution in [1.29, 1.82) is 0 Å². The number of fused-ring (bicyclic) bond motifs is 1. The summed E-state index contributed by atoms with van der Waals surface area (Å²) in [5.74, 6) is 1.72. The average Bonchev–Trinajstić information content (AvgIpc) is 2.29. The summed E-state index contributed by atoms with van der Waals surface area (Å²) >= 11 is 0. The van der Waals surface area contributed by atoms with Crippen molar-refractivity contribution in [2.45, 2.75) is 39.0 Å². The first kappa shape index (κ1) is 11.9. The second kappa shape index (κ2) is 5.67. The molecule has 0 bridgehead atoms. The van der Waals surface area contributed by atoms with Crippen LogP contribution in [-0.4, -0.2) is 37.1 Å². The number of likely N-dealkylation sites (tertiary alicyclic amines) is 1. The van der Waals surface area contributed by atoms with Crippen LogP contribution < -0.4 is 0 Å². The summed E-state index contributed by atoms with van der Waals surface area (Å²) in [6.07, 6.45) is 6.86. The minimum absolute atomic E-state index is 0.0586. The third-order valence-electron chi connectivity index (χ3n) is 4.03. The molecule has 3 heteroatoms. The highest BCUT2D eigenvalue weighted by Gasteiger charge is 2.31. The zero-order valence-corrected chi connectivity index (χ0v) is 10.3. The fourth-order valence-corrected chi connectivity index (χ4v) is 3.21. The van der Waals surface area contributed by atoms with Gasteiger partial charge in [0.25, 0.3) is 0 Å². The van der Waals surface area contributed by atoms with Crippen molar-refractivity contribution in [3.8, 4) is 0 Å². The van der Waals surface area contributed by atoms with Gasteiger partial charge in [0.15, 0.2) is 0 Å². The van der Waals surface area contributed by atoms with Gasteiger partial charge in [-0.05, 0) is 38.1 Å². The molecule has 0 aromatic heterocycles. The van der Waals surface area contributed by atoms with Gasteiger partial charge in [-0.25, -0.2) is 0 Å². The van der Waals surface area contributed by atoms with Gasteiger partial charge in [-0.15, -0.1) is 0 Å². The monoisotopic (exact) mass is 225 g/mol. The predicted octanol–water partition coefficient (Wildman–Crippen LogP) is 2.06. The first-order valence-corrected chi connectivity index (χ1v) is 6.67. The Bertz CT molecular complexity index is 242. The highest BCUT2D eigenvalue weighted by Crippen LogP contribution is 2.35. The number of carbonyl (C=O) groups is 1. The second-order valence-corrected chi connectivity index (χ2v) is 5.13. The molecule has 0 amide bonds. The topological polar surface area (TPSA) is 29.5 Å². The van der Waals surface area contributed by atoms with Crippen molar-refractivity contribution in [2.75, 3.05) is 26.2 Å². The molecule has 0 N–H and O–H groups in total. The maximum Gasteiger partial charge on any atom is 0.320 e. The molecule has 0 aromatic carbocycles. The lowest BCUT2D eigenvalue weighted by molar-refractivity contribution is -0.145. The maximum atomic E-state index is 11.4. The van der Waals surface area contributed by atoms with E-state index in [2.05, 4.69) is 4.90 Å². The van der Waals surface area contributed by atoms with Gasteiger partial charge >= 0.3 is 5.97 Å². The van der Waals surface area contributed by atoms with E-state index >= 15 is 0 Å². The standard InChI is InChI=1S/C13H23NO2/c1-2-16-13(15)10-14-8-7-11-5-3-4-6-12(11)9-14/h11-12H,2-10H2,1H3. The van der Waals surface area contributed by atoms with Crippen molar-refractivity contribution in [2.24, 2.45) is 11.8 Å². The molecule has 0 radical (unpaired) electrons. The lowest BCUT2D eigenvalue weighted by Gasteiger charge is -2.40. The summed E-state index contributed by atoms with van der Waals surface area (Å²) < 4.78 is 5.00. The first-order valence-electron chi connectivity index (χ1n) is 6.67. The van der Waals surface area contributed by atoms with E-state index in [0.29, 0.717) is 13.2 Å². The summed E-state index contributed by atoms with van der Waals surface area (Å²) in [4.78, 5) is 13.7. The minimum Gasteiger partial charge on any atom is -0.465 e. The molecule has 2 fully saturated rings. The smallest absolute Gasteiger partial charge is 0.320 e. The number of nitrogens with zero attached hydrogens (tertiary/aromatic N) is 1. The number of esters is 1. The van der Waals surface area contributed by atoms with Crippen molar-refractivity contribution in [3.63, 3.8) is 0 Å². The highest BCUT2D eigenvalue weighted by atomic mass is 16.5. The summed E-state index contributed by atoms with van der Waals surface area (Å²) in [7, 11) is 0. The van der Waals surface area contributed by atoms with Crippen molar-refractivity contribution in [1.82, 2.24) is 4.90 Å². The molecule has 3 nitrogen and oxygen atoms in total. The van der Waals surface area contributed by atoms with Crippen LogP contribution in [-0.2, 0) is 9.53 Å².